The number of nitrogens with one attached hydrogen (secondary N) is 1. The van der Waals surface area contributed by atoms with Crippen molar-refractivity contribution in [2.75, 3.05) is 36.5 Å². The Hall–Kier alpha value is -4.49. The zero-order valence-electron chi connectivity index (χ0n) is 22.7. The third kappa shape index (κ3) is 6.93. The molecule has 0 radical (unpaired) electrons. The van der Waals surface area contributed by atoms with Crippen molar-refractivity contribution in [3.63, 3.8) is 0 Å². The SMILES string of the molecule is Cc1ccc(C(C(=O)Nc2ccc(N3CCOCC3)cc2)N(Cc2cccnc2)C(=O)Cc2ccccc2)cc1. The van der Waals surface area contributed by atoms with Crippen LogP contribution < -0.4 is 10.2 Å². The number of benzene rings is 3. The predicted octanol–water partition coefficient (Wildman–Crippen LogP) is 5.18. The average Bonchev–Trinajstić information content (AvgIpc) is 2.99. The molecule has 40 heavy (non-hydrogen) atoms. The van der Waals surface area contributed by atoms with Gasteiger partial charge in [-0.1, -0.05) is 66.2 Å². The second-order valence-corrected chi connectivity index (χ2v) is 9.99. The topological polar surface area (TPSA) is 74.8 Å². The molecule has 2 heterocycles. The molecule has 1 N–H and O–H groups in total. The summed E-state index contributed by atoms with van der Waals surface area (Å²) >= 11 is 0. The van der Waals surface area contributed by atoms with Crippen LogP contribution >= 0.6 is 0 Å². The lowest BCUT2D eigenvalue weighted by atomic mass is 10.0. The Labute approximate surface area is 235 Å². The molecule has 5 rings (SSSR count). The van der Waals surface area contributed by atoms with E-state index >= 15 is 0 Å². The van der Waals surface area contributed by atoms with Crippen LogP contribution in [0, 0.1) is 6.92 Å². The Balaban J connectivity index is 1.45. The lowest BCUT2D eigenvalue weighted by Gasteiger charge is -2.32. The number of rotatable bonds is 9. The molecule has 1 fully saturated rings. The predicted molar refractivity (Wildman–Crippen MR) is 157 cm³/mol. The second-order valence-electron chi connectivity index (χ2n) is 9.99. The Morgan fingerprint density at radius 2 is 1.60 bits per heavy atom. The number of pyridine rings is 1. The van der Waals surface area contributed by atoms with Crippen molar-refractivity contribution in [1.82, 2.24) is 9.88 Å². The first-order valence-corrected chi connectivity index (χ1v) is 13.6. The van der Waals surface area contributed by atoms with E-state index in [4.69, 9.17) is 4.74 Å². The van der Waals surface area contributed by atoms with Gasteiger partial charge in [-0.3, -0.25) is 14.6 Å². The molecular weight excluding hydrogens is 500 g/mol. The Kier molecular flexibility index (Phi) is 8.83. The summed E-state index contributed by atoms with van der Waals surface area (Å²) in [5.41, 5.74) is 5.34. The van der Waals surface area contributed by atoms with Crippen molar-refractivity contribution in [1.29, 1.82) is 0 Å². The van der Waals surface area contributed by atoms with E-state index in [0.717, 1.165) is 41.0 Å². The smallest absolute Gasteiger partial charge is 0.251 e. The highest BCUT2D eigenvalue weighted by Crippen LogP contribution is 2.27. The minimum Gasteiger partial charge on any atom is -0.378 e. The molecule has 3 aromatic carbocycles. The number of nitrogens with zero attached hydrogens (tertiary/aromatic N) is 3. The van der Waals surface area contributed by atoms with E-state index in [1.165, 1.54) is 0 Å². The Morgan fingerprint density at radius 3 is 2.27 bits per heavy atom. The monoisotopic (exact) mass is 534 g/mol. The fraction of sp³-hybridized carbons (Fsp3) is 0.242. The molecule has 1 aliphatic heterocycles. The summed E-state index contributed by atoms with van der Waals surface area (Å²) in [6, 6.07) is 28.2. The molecule has 4 aromatic rings. The van der Waals surface area contributed by atoms with Gasteiger partial charge in [0.2, 0.25) is 5.91 Å². The first-order chi connectivity index (χ1) is 19.6. The number of aromatic nitrogens is 1. The quantitative estimate of drug-likeness (QED) is 0.320. The highest BCUT2D eigenvalue weighted by molar-refractivity contribution is 5.98. The third-order valence-electron chi connectivity index (χ3n) is 7.06. The maximum Gasteiger partial charge on any atom is 0.251 e. The molecule has 1 aromatic heterocycles. The summed E-state index contributed by atoms with van der Waals surface area (Å²) in [5.74, 6) is -0.410. The summed E-state index contributed by atoms with van der Waals surface area (Å²) in [4.78, 5) is 36.1. The van der Waals surface area contributed by atoms with E-state index in [9.17, 15) is 9.59 Å². The van der Waals surface area contributed by atoms with Crippen molar-refractivity contribution in [3.8, 4) is 0 Å². The van der Waals surface area contributed by atoms with Gasteiger partial charge in [0.15, 0.2) is 0 Å². The van der Waals surface area contributed by atoms with Gasteiger partial charge in [0.25, 0.3) is 5.91 Å². The van der Waals surface area contributed by atoms with Crippen LogP contribution in [0.15, 0.2) is 103 Å². The fourth-order valence-electron chi connectivity index (χ4n) is 4.89. The zero-order valence-corrected chi connectivity index (χ0v) is 22.7. The number of hydrogen-bond donors (Lipinski definition) is 1. The Bertz CT molecular complexity index is 1390. The maximum atomic E-state index is 14.0. The number of hydrogen-bond acceptors (Lipinski definition) is 5. The number of ether oxygens (including phenoxy) is 1. The summed E-state index contributed by atoms with van der Waals surface area (Å²) < 4.78 is 5.46. The second kappa shape index (κ2) is 13.0. The first-order valence-electron chi connectivity index (χ1n) is 13.6. The molecule has 0 spiro atoms. The van der Waals surface area contributed by atoms with E-state index in [-0.39, 0.29) is 24.8 Å². The van der Waals surface area contributed by atoms with Crippen LogP contribution in [0.2, 0.25) is 0 Å². The minimum absolute atomic E-state index is 0.140. The van der Waals surface area contributed by atoms with Crippen molar-refractivity contribution in [2.24, 2.45) is 0 Å². The largest absolute Gasteiger partial charge is 0.378 e. The summed E-state index contributed by atoms with van der Waals surface area (Å²) in [6.45, 7) is 5.35. The van der Waals surface area contributed by atoms with Gasteiger partial charge < -0.3 is 19.9 Å². The fourth-order valence-corrected chi connectivity index (χ4v) is 4.89. The lowest BCUT2D eigenvalue weighted by molar-refractivity contribution is -0.139. The highest BCUT2D eigenvalue weighted by atomic mass is 16.5. The van der Waals surface area contributed by atoms with Crippen molar-refractivity contribution in [3.05, 3.63) is 126 Å². The van der Waals surface area contributed by atoms with Crippen molar-refractivity contribution in [2.45, 2.75) is 25.9 Å². The highest BCUT2D eigenvalue weighted by Gasteiger charge is 2.32. The molecule has 2 amide bonds. The van der Waals surface area contributed by atoms with Crippen LogP contribution in [0.25, 0.3) is 0 Å². The molecule has 0 aliphatic carbocycles. The summed E-state index contributed by atoms with van der Waals surface area (Å²) in [5, 5.41) is 3.08. The third-order valence-corrected chi connectivity index (χ3v) is 7.06. The number of aryl methyl sites for hydroxylation is 1. The first kappa shape index (κ1) is 27.1. The van der Waals surface area contributed by atoms with Crippen LogP contribution in [0.5, 0.6) is 0 Å². The molecular formula is C33H34N4O3. The number of morpholine rings is 1. The molecule has 0 saturated carbocycles. The lowest BCUT2D eigenvalue weighted by Crippen LogP contribution is -2.41. The van der Waals surface area contributed by atoms with Crippen LogP contribution in [-0.2, 0) is 27.3 Å². The van der Waals surface area contributed by atoms with Gasteiger partial charge in [0, 0.05) is 43.4 Å². The number of carbonyl (C=O) groups excluding carboxylic acids is 2. The van der Waals surface area contributed by atoms with Gasteiger partial charge >= 0.3 is 0 Å². The van der Waals surface area contributed by atoms with E-state index in [2.05, 4.69) is 15.2 Å². The van der Waals surface area contributed by atoms with Gasteiger partial charge in [0.1, 0.15) is 6.04 Å². The van der Waals surface area contributed by atoms with Crippen LogP contribution in [0.4, 0.5) is 11.4 Å². The molecule has 7 heteroatoms. The summed E-state index contributed by atoms with van der Waals surface area (Å²) in [7, 11) is 0. The van der Waals surface area contributed by atoms with Crippen molar-refractivity contribution >= 4 is 23.2 Å². The van der Waals surface area contributed by atoms with E-state index < -0.39 is 6.04 Å². The van der Waals surface area contributed by atoms with Gasteiger partial charge in [0.05, 0.1) is 19.6 Å². The molecule has 0 bridgehead atoms. The van der Waals surface area contributed by atoms with E-state index in [1.807, 2.05) is 97.9 Å². The van der Waals surface area contributed by atoms with Gasteiger partial charge in [-0.2, -0.15) is 0 Å². The normalized spacial score (nSPS) is 13.9. The number of anilines is 2. The molecule has 204 valence electrons. The van der Waals surface area contributed by atoms with Gasteiger partial charge in [-0.15, -0.1) is 0 Å². The average molecular weight is 535 g/mol. The van der Waals surface area contributed by atoms with E-state index in [1.54, 1.807) is 17.3 Å². The number of amides is 2. The van der Waals surface area contributed by atoms with Gasteiger partial charge in [-0.25, -0.2) is 0 Å². The molecule has 1 aliphatic rings. The maximum absolute atomic E-state index is 14.0. The molecule has 1 unspecified atom stereocenters. The molecule has 1 saturated heterocycles. The molecule has 1 atom stereocenters. The van der Waals surface area contributed by atoms with Crippen LogP contribution in [-0.4, -0.2) is 48.0 Å². The standard InChI is InChI=1S/C33H34N4O3/c1-25-9-11-28(12-10-25)32(33(39)35-29-13-15-30(16-14-29)36-18-20-40-21-19-36)37(24-27-8-5-17-34-23-27)31(38)22-26-6-3-2-4-7-26/h2-17,23,32H,18-22,24H2,1H3,(H,35,39). The number of carbonyl (C=O) groups is 2. The Morgan fingerprint density at radius 1 is 0.900 bits per heavy atom. The van der Waals surface area contributed by atoms with Crippen molar-refractivity contribution < 1.29 is 14.3 Å². The van der Waals surface area contributed by atoms with E-state index in [0.29, 0.717) is 18.9 Å². The summed E-state index contributed by atoms with van der Waals surface area (Å²) in [6.07, 6.45) is 3.62. The van der Waals surface area contributed by atoms with Crippen LogP contribution in [0.1, 0.15) is 28.3 Å². The minimum atomic E-state index is -0.837. The van der Waals surface area contributed by atoms with Crippen LogP contribution in [0.3, 0.4) is 0 Å². The van der Waals surface area contributed by atoms with Gasteiger partial charge in [-0.05, 0) is 53.9 Å². The molecule has 7 nitrogen and oxygen atoms in total. The zero-order chi connectivity index (χ0) is 27.7.